The van der Waals surface area contributed by atoms with Gasteiger partial charge in [0.25, 0.3) is 0 Å². The Bertz CT molecular complexity index is 745. The Balaban J connectivity index is 2.19. The number of nitrogens with one attached hydrogen (secondary N) is 2. The topological polar surface area (TPSA) is 45.1 Å². The van der Waals surface area contributed by atoms with Crippen LogP contribution in [0.15, 0.2) is 30.6 Å². The first-order valence-corrected chi connectivity index (χ1v) is 8.88. The maximum absolute atomic E-state index is 13.3. The minimum Gasteiger partial charge on any atom is -0.311 e. The summed E-state index contributed by atoms with van der Waals surface area (Å²) in [5.41, 5.74) is 5.93. The molecule has 0 bridgehead atoms. The molecular formula is C19H28F3N5. The van der Waals surface area contributed by atoms with E-state index in [9.17, 15) is 13.2 Å². The van der Waals surface area contributed by atoms with Crippen LogP contribution in [0.25, 0.3) is 0 Å². The standard InChI is InChI=1S/C19H28F3N5/c1-18(2,3)27-10-8-23-17(27)25-24-16-12-14(7-6-9-26(4)5)11-15(13-16)19(20,21)22/h8,10-13,24H,6-7,9H2,1-5H3,(H,23,25). The van der Waals surface area contributed by atoms with Crippen molar-refractivity contribution in [2.24, 2.45) is 0 Å². The van der Waals surface area contributed by atoms with E-state index in [0.29, 0.717) is 23.6 Å². The minimum atomic E-state index is -4.39. The lowest BCUT2D eigenvalue weighted by molar-refractivity contribution is -0.137. The van der Waals surface area contributed by atoms with Gasteiger partial charge in [0.1, 0.15) is 0 Å². The summed E-state index contributed by atoms with van der Waals surface area (Å²) in [6.07, 6.45) is 0.442. The molecule has 1 aromatic heterocycles. The first-order chi connectivity index (χ1) is 12.5. The van der Waals surface area contributed by atoms with Crippen molar-refractivity contribution in [3.05, 3.63) is 41.7 Å². The zero-order valence-electron chi connectivity index (χ0n) is 16.5. The first-order valence-electron chi connectivity index (χ1n) is 8.88. The highest BCUT2D eigenvalue weighted by molar-refractivity contribution is 5.52. The van der Waals surface area contributed by atoms with Gasteiger partial charge in [0.05, 0.1) is 11.3 Å². The van der Waals surface area contributed by atoms with Crippen molar-refractivity contribution in [1.82, 2.24) is 14.5 Å². The van der Waals surface area contributed by atoms with Gasteiger partial charge in [-0.25, -0.2) is 4.98 Å². The summed E-state index contributed by atoms with van der Waals surface area (Å²) in [4.78, 5) is 6.24. The molecule has 0 aliphatic heterocycles. The summed E-state index contributed by atoms with van der Waals surface area (Å²) in [6, 6.07) is 4.06. The molecule has 2 rings (SSSR count). The molecule has 0 unspecified atom stereocenters. The van der Waals surface area contributed by atoms with Crippen molar-refractivity contribution in [3.63, 3.8) is 0 Å². The van der Waals surface area contributed by atoms with Crippen LogP contribution in [0.2, 0.25) is 0 Å². The fourth-order valence-corrected chi connectivity index (χ4v) is 2.74. The molecular weight excluding hydrogens is 355 g/mol. The summed E-state index contributed by atoms with van der Waals surface area (Å²) in [5, 5.41) is 0. The zero-order valence-corrected chi connectivity index (χ0v) is 16.5. The smallest absolute Gasteiger partial charge is 0.311 e. The monoisotopic (exact) mass is 383 g/mol. The maximum atomic E-state index is 13.3. The number of rotatable bonds is 7. The van der Waals surface area contributed by atoms with Crippen LogP contribution in [0.3, 0.4) is 0 Å². The summed E-state index contributed by atoms with van der Waals surface area (Å²) in [6.45, 7) is 6.88. The summed E-state index contributed by atoms with van der Waals surface area (Å²) < 4.78 is 41.7. The van der Waals surface area contributed by atoms with Gasteiger partial charge in [-0.05, 0) is 78.0 Å². The molecule has 1 aromatic carbocycles. The Morgan fingerprint density at radius 3 is 2.37 bits per heavy atom. The Labute approximate surface area is 158 Å². The van der Waals surface area contributed by atoms with Crippen LogP contribution in [0, 0.1) is 0 Å². The molecule has 2 N–H and O–H groups in total. The molecule has 5 nitrogen and oxygen atoms in total. The average Bonchev–Trinajstić information content (AvgIpc) is 3.00. The van der Waals surface area contributed by atoms with Crippen LogP contribution < -0.4 is 10.9 Å². The Hall–Kier alpha value is -2.22. The number of aromatic nitrogens is 2. The number of hydrogen-bond donors (Lipinski definition) is 2. The third-order valence-electron chi connectivity index (χ3n) is 4.07. The second-order valence-corrected chi connectivity index (χ2v) is 7.86. The molecule has 1 heterocycles. The van der Waals surface area contributed by atoms with Crippen molar-refractivity contribution in [1.29, 1.82) is 0 Å². The second kappa shape index (κ2) is 8.21. The van der Waals surface area contributed by atoms with Crippen LogP contribution in [-0.4, -0.2) is 35.1 Å². The lowest BCUT2D eigenvalue weighted by Crippen LogP contribution is -2.25. The maximum Gasteiger partial charge on any atom is 0.416 e. The predicted molar refractivity (Wildman–Crippen MR) is 103 cm³/mol. The molecule has 0 fully saturated rings. The predicted octanol–water partition coefficient (Wildman–Crippen LogP) is 4.59. The van der Waals surface area contributed by atoms with Crippen LogP contribution >= 0.6 is 0 Å². The van der Waals surface area contributed by atoms with Crippen LogP contribution in [0.4, 0.5) is 24.8 Å². The van der Waals surface area contributed by atoms with Gasteiger partial charge in [0.15, 0.2) is 0 Å². The highest BCUT2D eigenvalue weighted by Gasteiger charge is 2.31. The Morgan fingerprint density at radius 1 is 1.07 bits per heavy atom. The van der Waals surface area contributed by atoms with Gasteiger partial charge in [0.2, 0.25) is 5.95 Å². The van der Waals surface area contributed by atoms with Crippen molar-refractivity contribution in [3.8, 4) is 0 Å². The number of benzene rings is 1. The van der Waals surface area contributed by atoms with Gasteiger partial charge < -0.3 is 9.47 Å². The Morgan fingerprint density at radius 2 is 1.78 bits per heavy atom. The number of hydrazine groups is 1. The van der Waals surface area contributed by atoms with E-state index in [1.807, 2.05) is 50.5 Å². The first kappa shape index (κ1) is 21.1. The lowest BCUT2D eigenvalue weighted by atomic mass is 10.0. The number of hydrogen-bond acceptors (Lipinski definition) is 4. The van der Waals surface area contributed by atoms with Crippen molar-refractivity contribution < 1.29 is 13.2 Å². The highest BCUT2D eigenvalue weighted by Crippen LogP contribution is 2.32. The lowest BCUT2D eigenvalue weighted by Gasteiger charge is -2.24. The normalized spacial score (nSPS) is 12.5. The van der Waals surface area contributed by atoms with E-state index in [4.69, 9.17) is 0 Å². The second-order valence-electron chi connectivity index (χ2n) is 7.86. The van der Waals surface area contributed by atoms with Crippen molar-refractivity contribution in [2.75, 3.05) is 31.5 Å². The molecule has 0 saturated heterocycles. The molecule has 27 heavy (non-hydrogen) atoms. The van der Waals surface area contributed by atoms with Crippen LogP contribution in [-0.2, 0) is 18.1 Å². The number of alkyl halides is 3. The molecule has 0 aliphatic carbocycles. The van der Waals surface area contributed by atoms with E-state index in [0.717, 1.165) is 19.0 Å². The van der Waals surface area contributed by atoms with Crippen LogP contribution in [0.5, 0.6) is 0 Å². The van der Waals surface area contributed by atoms with E-state index in [1.54, 1.807) is 12.3 Å². The minimum absolute atomic E-state index is 0.203. The molecule has 0 saturated carbocycles. The number of imidazole rings is 1. The quantitative estimate of drug-likeness (QED) is 0.687. The third kappa shape index (κ3) is 6.16. The zero-order chi connectivity index (χ0) is 20.2. The van der Waals surface area contributed by atoms with Gasteiger partial charge in [-0.3, -0.25) is 10.9 Å². The van der Waals surface area contributed by atoms with Crippen LogP contribution in [0.1, 0.15) is 38.3 Å². The molecule has 150 valence electrons. The third-order valence-corrected chi connectivity index (χ3v) is 4.07. The van der Waals surface area contributed by atoms with E-state index in [2.05, 4.69) is 15.8 Å². The molecule has 0 aliphatic rings. The van der Waals surface area contributed by atoms with E-state index < -0.39 is 11.7 Å². The van der Waals surface area contributed by atoms with E-state index in [1.165, 1.54) is 6.07 Å². The van der Waals surface area contributed by atoms with Gasteiger partial charge in [-0.1, -0.05) is 0 Å². The van der Waals surface area contributed by atoms with E-state index in [-0.39, 0.29) is 5.54 Å². The van der Waals surface area contributed by atoms with Gasteiger partial charge in [-0.15, -0.1) is 0 Å². The van der Waals surface area contributed by atoms with E-state index >= 15 is 0 Å². The summed E-state index contributed by atoms with van der Waals surface area (Å²) in [5.74, 6) is 0.536. The van der Waals surface area contributed by atoms with Gasteiger partial charge in [0, 0.05) is 17.9 Å². The van der Waals surface area contributed by atoms with Gasteiger partial charge in [-0.2, -0.15) is 13.2 Å². The fourth-order valence-electron chi connectivity index (χ4n) is 2.74. The summed E-state index contributed by atoms with van der Waals surface area (Å²) >= 11 is 0. The Kier molecular flexibility index (Phi) is 6.41. The number of nitrogens with zero attached hydrogens (tertiary/aromatic N) is 3. The molecule has 0 radical (unpaired) electrons. The highest BCUT2D eigenvalue weighted by atomic mass is 19.4. The molecule has 2 aromatic rings. The molecule has 0 spiro atoms. The average molecular weight is 383 g/mol. The van der Waals surface area contributed by atoms with Crippen molar-refractivity contribution >= 4 is 11.6 Å². The molecule has 0 atom stereocenters. The number of anilines is 2. The van der Waals surface area contributed by atoms with Gasteiger partial charge >= 0.3 is 6.18 Å². The number of aryl methyl sites for hydroxylation is 1. The number of halogens is 3. The fraction of sp³-hybridized carbons (Fsp3) is 0.526. The largest absolute Gasteiger partial charge is 0.416 e. The molecule has 0 amide bonds. The SMILES string of the molecule is CN(C)CCCc1cc(NNc2nccn2C(C)(C)C)cc(C(F)(F)F)c1. The van der Waals surface area contributed by atoms with Crippen molar-refractivity contribution in [2.45, 2.75) is 45.3 Å². The molecule has 8 heteroatoms. The summed E-state index contributed by atoms with van der Waals surface area (Å²) in [7, 11) is 3.89.